The number of aromatic amines is 1. The summed E-state index contributed by atoms with van der Waals surface area (Å²) in [5, 5.41) is 9.40. The largest absolute Gasteiger partial charge is 0.484 e. The molecule has 0 aliphatic carbocycles. The fourth-order valence-corrected chi connectivity index (χ4v) is 3.32. The van der Waals surface area contributed by atoms with Crippen LogP contribution in [0.15, 0.2) is 46.5 Å². The average molecular weight is 399 g/mol. The van der Waals surface area contributed by atoms with Crippen LogP contribution in [0.4, 0.5) is 13.2 Å². The van der Waals surface area contributed by atoms with Gasteiger partial charge in [0.2, 0.25) is 0 Å². The molecule has 3 aromatic rings. The third-order valence-corrected chi connectivity index (χ3v) is 4.61. The van der Waals surface area contributed by atoms with Crippen molar-refractivity contribution in [2.45, 2.75) is 17.8 Å². The quantitative estimate of drug-likeness (QED) is 0.363. The topological polar surface area (TPSA) is 80.1 Å². The van der Waals surface area contributed by atoms with Crippen LogP contribution in [-0.2, 0) is 0 Å². The van der Waals surface area contributed by atoms with Gasteiger partial charge in [-0.3, -0.25) is 9.36 Å². The average Bonchev–Trinajstić information content (AvgIpc) is 3.09. The van der Waals surface area contributed by atoms with E-state index in [1.807, 2.05) is 0 Å². The van der Waals surface area contributed by atoms with E-state index in [1.165, 1.54) is 40.6 Å². The zero-order chi connectivity index (χ0) is 19.4. The molecule has 27 heavy (non-hydrogen) atoms. The fourth-order valence-electron chi connectivity index (χ4n) is 2.39. The highest BCUT2D eigenvalue weighted by Crippen LogP contribution is 2.24. The van der Waals surface area contributed by atoms with Crippen molar-refractivity contribution in [1.82, 2.24) is 14.5 Å². The van der Waals surface area contributed by atoms with Gasteiger partial charge < -0.3 is 14.8 Å². The Morgan fingerprint density at radius 2 is 1.96 bits per heavy atom. The van der Waals surface area contributed by atoms with E-state index in [4.69, 9.17) is 9.84 Å². The van der Waals surface area contributed by atoms with Crippen molar-refractivity contribution in [3.05, 3.63) is 46.9 Å². The first-order chi connectivity index (χ1) is 12.9. The summed E-state index contributed by atoms with van der Waals surface area (Å²) in [4.78, 5) is 20.1. The number of nitrogens with one attached hydrogen (secondary N) is 1. The summed E-state index contributed by atoms with van der Waals surface area (Å²) in [6.45, 7) is -1.36. The predicted molar refractivity (Wildman–Crippen MR) is 95.7 cm³/mol. The molecular formula is C17H16F3N3O3S. The second kappa shape index (κ2) is 8.05. The number of thioether (sulfide) groups is 1. The first kappa shape index (κ1) is 19.3. The molecule has 2 N–H and O–H groups in total. The molecule has 2 aromatic heterocycles. The highest BCUT2D eigenvalue weighted by atomic mass is 32.2. The first-order valence-corrected chi connectivity index (χ1v) is 9.01. The van der Waals surface area contributed by atoms with Gasteiger partial charge in [0.15, 0.2) is 11.8 Å². The van der Waals surface area contributed by atoms with Crippen molar-refractivity contribution in [3.8, 4) is 11.4 Å². The molecule has 1 aromatic carbocycles. The fraction of sp³-hybridized carbons (Fsp3) is 0.294. The number of benzene rings is 1. The standard InChI is InChI=1S/C17H16F3N3O3S/c18-17(19,20)10-26-12-4-2-11(3-5-12)23-15(25)14-13(6-7-21-14)22-16(23)27-9-1-8-24/h2-7,21,24H,1,8-10H2. The molecule has 0 unspecified atom stereocenters. The van der Waals surface area contributed by atoms with Gasteiger partial charge in [-0.1, -0.05) is 11.8 Å². The molecule has 144 valence electrons. The summed E-state index contributed by atoms with van der Waals surface area (Å²) in [5.74, 6) is 0.610. The molecule has 0 atom stereocenters. The predicted octanol–water partition coefficient (Wildman–Crippen LogP) is 3.13. The van der Waals surface area contributed by atoms with E-state index < -0.39 is 12.8 Å². The van der Waals surface area contributed by atoms with E-state index in [0.717, 1.165) is 0 Å². The van der Waals surface area contributed by atoms with Crippen LogP contribution in [0.5, 0.6) is 5.75 Å². The van der Waals surface area contributed by atoms with Gasteiger partial charge in [-0.15, -0.1) is 0 Å². The van der Waals surface area contributed by atoms with E-state index in [0.29, 0.717) is 34.1 Å². The van der Waals surface area contributed by atoms with Crippen LogP contribution in [-0.4, -0.2) is 44.8 Å². The third-order valence-electron chi connectivity index (χ3n) is 3.58. The minimum atomic E-state index is -4.42. The molecule has 0 saturated carbocycles. The summed E-state index contributed by atoms with van der Waals surface area (Å²) >= 11 is 1.31. The van der Waals surface area contributed by atoms with Gasteiger partial charge >= 0.3 is 6.18 Å². The van der Waals surface area contributed by atoms with Crippen LogP contribution in [0.1, 0.15) is 6.42 Å². The van der Waals surface area contributed by atoms with E-state index in [9.17, 15) is 18.0 Å². The lowest BCUT2D eigenvalue weighted by Crippen LogP contribution is -2.22. The number of aromatic nitrogens is 3. The van der Waals surface area contributed by atoms with E-state index in [2.05, 4.69) is 9.97 Å². The van der Waals surface area contributed by atoms with Gasteiger partial charge in [-0.2, -0.15) is 13.2 Å². The second-order valence-corrected chi connectivity index (χ2v) is 6.66. The maximum Gasteiger partial charge on any atom is 0.422 e. The molecule has 0 aliphatic rings. The number of aliphatic hydroxyl groups excluding tert-OH is 1. The van der Waals surface area contributed by atoms with E-state index >= 15 is 0 Å². The Balaban J connectivity index is 1.95. The number of nitrogens with zero attached hydrogens (tertiary/aromatic N) is 2. The highest BCUT2D eigenvalue weighted by molar-refractivity contribution is 7.99. The number of H-pyrrole nitrogens is 1. The van der Waals surface area contributed by atoms with Crippen molar-refractivity contribution in [2.24, 2.45) is 0 Å². The molecule has 0 aliphatic heterocycles. The van der Waals surface area contributed by atoms with Crippen molar-refractivity contribution < 1.29 is 23.0 Å². The SMILES string of the molecule is O=c1c2[nH]ccc2nc(SCCCO)n1-c1ccc(OCC(F)(F)F)cc1. The van der Waals surface area contributed by atoms with Crippen LogP contribution in [0.25, 0.3) is 16.7 Å². The number of hydrogen-bond acceptors (Lipinski definition) is 5. The second-order valence-electron chi connectivity index (χ2n) is 5.60. The Bertz CT molecular complexity index is 967. The Labute approximate surface area is 156 Å². The molecule has 0 amide bonds. The van der Waals surface area contributed by atoms with Gasteiger partial charge in [-0.05, 0) is 36.8 Å². The van der Waals surface area contributed by atoms with Crippen LogP contribution in [0, 0.1) is 0 Å². The van der Waals surface area contributed by atoms with Gasteiger partial charge in [0.05, 0.1) is 11.2 Å². The lowest BCUT2D eigenvalue weighted by Gasteiger charge is -2.13. The maximum absolute atomic E-state index is 12.8. The van der Waals surface area contributed by atoms with Gasteiger partial charge in [0.1, 0.15) is 11.3 Å². The number of alkyl halides is 3. The summed E-state index contributed by atoms with van der Waals surface area (Å²) in [6.07, 6.45) is -2.27. The maximum atomic E-state index is 12.8. The smallest absolute Gasteiger partial charge is 0.422 e. The van der Waals surface area contributed by atoms with E-state index in [-0.39, 0.29) is 17.9 Å². The van der Waals surface area contributed by atoms with Crippen molar-refractivity contribution in [3.63, 3.8) is 0 Å². The van der Waals surface area contributed by atoms with Crippen molar-refractivity contribution >= 4 is 22.8 Å². The molecule has 0 spiro atoms. The number of ether oxygens (including phenoxy) is 1. The zero-order valence-corrected chi connectivity index (χ0v) is 14.8. The molecule has 0 fully saturated rings. The Kier molecular flexibility index (Phi) is 5.76. The monoisotopic (exact) mass is 399 g/mol. The minimum absolute atomic E-state index is 0.0227. The molecular weight excluding hydrogens is 383 g/mol. The first-order valence-electron chi connectivity index (χ1n) is 8.03. The van der Waals surface area contributed by atoms with Gasteiger partial charge in [0, 0.05) is 18.6 Å². The van der Waals surface area contributed by atoms with Gasteiger partial charge in [-0.25, -0.2) is 4.98 Å². The zero-order valence-electron chi connectivity index (χ0n) is 14.0. The van der Waals surface area contributed by atoms with Crippen molar-refractivity contribution in [1.29, 1.82) is 0 Å². The minimum Gasteiger partial charge on any atom is -0.484 e. The van der Waals surface area contributed by atoms with Crippen LogP contribution in [0.2, 0.25) is 0 Å². The summed E-state index contributed by atoms with van der Waals surface area (Å²) in [7, 11) is 0. The lowest BCUT2D eigenvalue weighted by atomic mass is 10.3. The number of rotatable bonds is 7. The molecule has 6 nitrogen and oxygen atoms in total. The number of hydrogen-bond donors (Lipinski definition) is 2. The molecule has 0 saturated heterocycles. The van der Waals surface area contributed by atoms with Gasteiger partial charge in [0.25, 0.3) is 5.56 Å². The normalized spacial score (nSPS) is 11.9. The van der Waals surface area contributed by atoms with Crippen LogP contribution < -0.4 is 10.3 Å². The summed E-state index contributed by atoms with van der Waals surface area (Å²) in [5.41, 5.74) is 0.988. The molecule has 0 radical (unpaired) electrons. The number of fused-ring (bicyclic) bond motifs is 1. The number of aliphatic hydroxyl groups is 1. The molecule has 10 heteroatoms. The van der Waals surface area contributed by atoms with Crippen molar-refractivity contribution in [2.75, 3.05) is 19.0 Å². The summed E-state index contributed by atoms with van der Waals surface area (Å²) in [6, 6.07) is 7.42. The van der Waals surface area contributed by atoms with E-state index in [1.54, 1.807) is 12.3 Å². The Hall–Kier alpha value is -2.46. The number of halogens is 3. The molecule has 0 bridgehead atoms. The van der Waals surface area contributed by atoms with Crippen LogP contribution >= 0.6 is 11.8 Å². The van der Waals surface area contributed by atoms with Crippen LogP contribution in [0.3, 0.4) is 0 Å². The lowest BCUT2D eigenvalue weighted by molar-refractivity contribution is -0.153. The Morgan fingerprint density at radius 3 is 2.63 bits per heavy atom. The molecule has 2 heterocycles. The summed E-state index contributed by atoms with van der Waals surface area (Å²) < 4.78 is 42.8. The molecule has 3 rings (SSSR count). The Morgan fingerprint density at radius 1 is 1.22 bits per heavy atom. The third kappa shape index (κ3) is 4.64. The highest BCUT2D eigenvalue weighted by Gasteiger charge is 2.28.